The Morgan fingerprint density at radius 1 is 0.966 bits per heavy atom. The van der Waals surface area contributed by atoms with Crippen LogP contribution in [0.3, 0.4) is 0 Å². The number of nitrogen functional groups attached to an aromatic ring is 1. The number of hydrogen-bond donors (Lipinski definition) is 1. The highest BCUT2D eigenvalue weighted by Crippen LogP contribution is 2.66. The molecule has 0 saturated heterocycles. The molecule has 0 heterocycles. The van der Waals surface area contributed by atoms with Crippen LogP contribution in [-0.4, -0.2) is 16.8 Å². The highest BCUT2D eigenvalue weighted by atomic mass is 32.2. The third-order valence-corrected chi connectivity index (χ3v) is 10.2. The van der Waals surface area contributed by atoms with Crippen LogP contribution < -0.4 is 5.73 Å². The molecule has 3 nitrogen and oxygen atoms in total. The molecule has 3 saturated carbocycles. The van der Waals surface area contributed by atoms with Crippen LogP contribution in [0.2, 0.25) is 0 Å². The van der Waals surface area contributed by atoms with Gasteiger partial charge in [-0.1, -0.05) is 19.4 Å². The summed E-state index contributed by atoms with van der Waals surface area (Å²) in [5.74, 6) is 2.38. The molecule has 0 aromatic heterocycles. The number of rotatable bonds is 2. The quantitative estimate of drug-likeness (QED) is 0.661. The summed E-state index contributed by atoms with van der Waals surface area (Å²) in [5, 5.41) is 0.421. The molecular formula is C25H31NO2S. The van der Waals surface area contributed by atoms with Crippen molar-refractivity contribution in [2.45, 2.75) is 68.9 Å². The van der Waals surface area contributed by atoms with E-state index in [0.717, 1.165) is 44.2 Å². The fourth-order valence-corrected chi connectivity index (χ4v) is 8.56. The van der Waals surface area contributed by atoms with E-state index in [9.17, 15) is 9.59 Å². The lowest BCUT2D eigenvalue weighted by Crippen LogP contribution is -2.54. The zero-order valence-corrected chi connectivity index (χ0v) is 18.3. The van der Waals surface area contributed by atoms with Gasteiger partial charge in [0, 0.05) is 34.1 Å². The average Bonchev–Trinajstić information content (AvgIpc) is 3.00. The standard InChI is InChI=1S/C25H31NO2S/c1-24-11-9-17(27)13-15(24)14-21(29-18-5-3-16(26)4-6-18)23-19-7-8-22(28)25(19,2)12-10-20(23)24/h3-6,13,19-21,23H,7-12,14,26H2,1-2H3/t19-,20-,21?,23-,24-,25-/m0/s1. The number of allylic oxidation sites excluding steroid dienone is 1. The first kappa shape index (κ1) is 19.4. The molecular weight excluding hydrogens is 378 g/mol. The summed E-state index contributed by atoms with van der Waals surface area (Å²) in [6.45, 7) is 4.65. The van der Waals surface area contributed by atoms with Gasteiger partial charge in [-0.3, -0.25) is 9.59 Å². The number of Topliss-reactive ketones (excluding diaryl/α,β-unsaturated/α-hetero) is 1. The number of thioether (sulfide) groups is 1. The van der Waals surface area contributed by atoms with E-state index in [0.29, 0.717) is 41.0 Å². The van der Waals surface area contributed by atoms with Crippen molar-refractivity contribution in [3.63, 3.8) is 0 Å². The normalized spacial score (nSPS) is 41.4. The van der Waals surface area contributed by atoms with Crippen molar-refractivity contribution in [2.24, 2.45) is 28.6 Å². The van der Waals surface area contributed by atoms with Gasteiger partial charge in [-0.25, -0.2) is 0 Å². The maximum atomic E-state index is 12.8. The minimum atomic E-state index is -0.136. The number of nitrogens with two attached hydrogens (primary N) is 1. The van der Waals surface area contributed by atoms with Crippen molar-refractivity contribution in [1.29, 1.82) is 0 Å². The van der Waals surface area contributed by atoms with Gasteiger partial charge in [0.2, 0.25) is 0 Å². The first-order valence-electron chi connectivity index (χ1n) is 11.1. The summed E-state index contributed by atoms with van der Waals surface area (Å²) in [6.07, 6.45) is 8.54. The van der Waals surface area contributed by atoms with Gasteiger partial charge >= 0.3 is 0 Å². The Labute approximate surface area is 177 Å². The topological polar surface area (TPSA) is 60.2 Å². The van der Waals surface area contributed by atoms with Crippen LogP contribution in [-0.2, 0) is 9.59 Å². The van der Waals surface area contributed by atoms with Crippen LogP contribution >= 0.6 is 11.8 Å². The summed E-state index contributed by atoms with van der Waals surface area (Å²) in [5.41, 5.74) is 8.05. The molecule has 0 spiro atoms. The molecule has 5 rings (SSSR count). The smallest absolute Gasteiger partial charge is 0.155 e. The van der Waals surface area contributed by atoms with Crippen LogP contribution in [0.15, 0.2) is 40.8 Å². The van der Waals surface area contributed by atoms with Crippen molar-refractivity contribution >= 4 is 29.0 Å². The number of fused-ring (bicyclic) bond motifs is 5. The van der Waals surface area contributed by atoms with E-state index in [1.54, 1.807) is 0 Å². The minimum absolute atomic E-state index is 0.129. The van der Waals surface area contributed by atoms with Gasteiger partial charge in [0.1, 0.15) is 5.78 Å². The lowest BCUT2D eigenvalue weighted by atomic mass is 9.47. The molecule has 4 aliphatic carbocycles. The average molecular weight is 410 g/mol. The van der Waals surface area contributed by atoms with Gasteiger partial charge in [-0.15, -0.1) is 11.8 Å². The number of benzene rings is 1. The highest BCUT2D eigenvalue weighted by molar-refractivity contribution is 8.00. The fourth-order valence-electron chi connectivity index (χ4n) is 7.11. The second kappa shape index (κ2) is 6.73. The van der Waals surface area contributed by atoms with Crippen LogP contribution in [0.5, 0.6) is 0 Å². The van der Waals surface area contributed by atoms with Gasteiger partial charge in [-0.2, -0.15) is 0 Å². The Bertz CT molecular complexity index is 891. The van der Waals surface area contributed by atoms with E-state index in [4.69, 9.17) is 5.73 Å². The van der Waals surface area contributed by atoms with Crippen LogP contribution in [0, 0.1) is 28.6 Å². The van der Waals surface area contributed by atoms with Crippen LogP contribution in [0.1, 0.15) is 58.8 Å². The Hall–Kier alpha value is -1.55. The SMILES string of the molecule is C[C@]12CCC(=O)C=C1CC(Sc1ccc(N)cc1)[C@@H]1[C@@H]2CC[C@]2(C)C(=O)CC[C@@H]12. The summed E-state index contributed by atoms with van der Waals surface area (Å²) >= 11 is 1.94. The predicted molar refractivity (Wildman–Crippen MR) is 118 cm³/mol. The highest BCUT2D eigenvalue weighted by Gasteiger charge is 2.61. The first-order chi connectivity index (χ1) is 13.8. The van der Waals surface area contributed by atoms with E-state index in [1.165, 1.54) is 10.5 Å². The van der Waals surface area contributed by atoms with E-state index >= 15 is 0 Å². The lowest BCUT2D eigenvalue weighted by Gasteiger charge is -2.59. The van der Waals surface area contributed by atoms with Crippen molar-refractivity contribution in [2.75, 3.05) is 5.73 Å². The molecule has 0 aliphatic heterocycles. The third-order valence-electron chi connectivity index (χ3n) is 8.84. The number of anilines is 1. The first-order valence-corrected chi connectivity index (χ1v) is 12.0. The van der Waals surface area contributed by atoms with Gasteiger partial charge < -0.3 is 5.73 Å². The van der Waals surface area contributed by atoms with E-state index in [2.05, 4.69) is 26.0 Å². The number of hydrogen-bond acceptors (Lipinski definition) is 4. The van der Waals surface area contributed by atoms with Gasteiger partial charge in [-0.05, 0) is 85.6 Å². The van der Waals surface area contributed by atoms with E-state index in [1.807, 2.05) is 30.0 Å². The lowest BCUT2D eigenvalue weighted by molar-refractivity contribution is -0.132. The van der Waals surface area contributed by atoms with Gasteiger partial charge in [0.05, 0.1) is 0 Å². The number of carbonyl (C=O) groups excluding carboxylic acids is 2. The van der Waals surface area contributed by atoms with Crippen molar-refractivity contribution in [1.82, 2.24) is 0 Å². The predicted octanol–water partition coefficient (Wildman–Crippen LogP) is 5.44. The second-order valence-electron chi connectivity index (χ2n) is 10.2. The molecule has 2 N–H and O–H groups in total. The molecule has 1 aromatic carbocycles. The molecule has 0 bridgehead atoms. The Morgan fingerprint density at radius 2 is 1.69 bits per heavy atom. The summed E-state index contributed by atoms with van der Waals surface area (Å²) in [7, 11) is 0. The molecule has 29 heavy (non-hydrogen) atoms. The number of carbonyl (C=O) groups is 2. The largest absolute Gasteiger partial charge is 0.399 e. The van der Waals surface area contributed by atoms with E-state index in [-0.39, 0.29) is 10.8 Å². The second-order valence-corrected chi connectivity index (χ2v) is 11.5. The number of ketones is 2. The fraction of sp³-hybridized carbons (Fsp3) is 0.600. The Kier molecular flexibility index (Phi) is 4.51. The van der Waals surface area contributed by atoms with Crippen molar-refractivity contribution in [3.8, 4) is 0 Å². The molecule has 3 fully saturated rings. The van der Waals surface area contributed by atoms with Gasteiger partial charge in [0.15, 0.2) is 5.78 Å². The molecule has 154 valence electrons. The van der Waals surface area contributed by atoms with E-state index < -0.39 is 0 Å². The molecule has 6 atom stereocenters. The van der Waals surface area contributed by atoms with Crippen molar-refractivity contribution in [3.05, 3.63) is 35.9 Å². The summed E-state index contributed by atoms with van der Waals surface area (Å²) in [4.78, 5) is 26.3. The van der Waals surface area contributed by atoms with Crippen LogP contribution in [0.4, 0.5) is 5.69 Å². The van der Waals surface area contributed by atoms with Crippen molar-refractivity contribution < 1.29 is 9.59 Å². The maximum absolute atomic E-state index is 12.8. The molecule has 0 radical (unpaired) electrons. The monoisotopic (exact) mass is 409 g/mol. The zero-order chi connectivity index (χ0) is 20.4. The zero-order valence-electron chi connectivity index (χ0n) is 17.4. The summed E-state index contributed by atoms with van der Waals surface area (Å²) < 4.78 is 0. The minimum Gasteiger partial charge on any atom is -0.399 e. The molecule has 0 amide bonds. The Balaban J connectivity index is 1.56. The summed E-state index contributed by atoms with van der Waals surface area (Å²) in [6, 6.07) is 8.18. The maximum Gasteiger partial charge on any atom is 0.155 e. The molecule has 1 unspecified atom stereocenters. The molecule has 4 heteroatoms. The molecule has 4 aliphatic rings. The van der Waals surface area contributed by atoms with Crippen LogP contribution in [0.25, 0.3) is 0 Å². The van der Waals surface area contributed by atoms with Gasteiger partial charge in [0.25, 0.3) is 0 Å². The molecule has 1 aromatic rings. The third kappa shape index (κ3) is 2.93. The Morgan fingerprint density at radius 3 is 2.45 bits per heavy atom.